The Morgan fingerprint density at radius 2 is 1.54 bits per heavy atom. The van der Waals surface area contributed by atoms with Gasteiger partial charge in [-0.15, -0.1) is 0 Å². The minimum Gasteiger partial charge on any atom is -0.466 e. The molecule has 4 unspecified atom stereocenters. The van der Waals surface area contributed by atoms with Gasteiger partial charge >= 0.3 is 11.9 Å². The fourth-order valence-corrected chi connectivity index (χ4v) is 8.68. The van der Waals surface area contributed by atoms with Crippen LogP contribution in [0.3, 0.4) is 0 Å². The van der Waals surface area contributed by atoms with Crippen molar-refractivity contribution in [1.82, 2.24) is 0 Å². The Labute approximate surface area is 249 Å². The molecule has 0 saturated heterocycles. The van der Waals surface area contributed by atoms with Crippen LogP contribution in [0.2, 0.25) is 0 Å². The highest BCUT2D eigenvalue weighted by Gasteiger charge is 2.58. The number of carbonyl (C=O) groups excluding carboxylic acids is 2. The first-order valence-corrected chi connectivity index (χ1v) is 16.4. The van der Waals surface area contributed by atoms with Gasteiger partial charge in [0, 0.05) is 38.9 Å². The molecule has 3 saturated carbocycles. The van der Waals surface area contributed by atoms with Crippen molar-refractivity contribution in [2.75, 3.05) is 26.4 Å². The maximum absolute atomic E-state index is 11.3. The lowest BCUT2D eigenvalue weighted by molar-refractivity contribution is -0.143. The molecule has 0 radical (unpaired) electrons. The van der Waals surface area contributed by atoms with Crippen molar-refractivity contribution in [3.05, 3.63) is 23.3 Å². The lowest BCUT2D eigenvalue weighted by Crippen LogP contribution is -2.53. The molecule has 0 aliphatic heterocycles. The number of ether oxygens (including phenoxy) is 4. The molecule has 0 aromatic carbocycles. The van der Waals surface area contributed by atoms with Crippen molar-refractivity contribution in [3.63, 3.8) is 0 Å². The van der Waals surface area contributed by atoms with E-state index >= 15 is 0 Å². The zero-order valence-corrected chi connectivity index (χ0v) is 26.8. The zero-order valence-electron chi connectivity index (χ0n) is 26.8. The van der Waals surface area contributed by atoms with E-state index < -0.39 is 0 Å². The molecule has 232 valence electrons. The van der Waals surface area contributed by atoms with Gasteiger partial charge in [-0.1, -0.05) is 64.3 Å². The fourth-order valence-electron chi connectivity index (χ4n) is 8.68. The second-order valence-corrected chi connectivity index (χ2v) is 14.2. The highest BCUT2D eigenvalue weighted by Crippen LogP contribution is 2.65. The lowest BCUT2D eigenvalue weighted by Gasteiger charge is -2.57. The third kappa shape index (κ3) is 7.12. The number of hydrogen-bond acceptors (Lipinski definition) is 6. The molecule has 0 spiro atoms. The summed E-state index contributed by atoms with van der Waals surface area (Å²) < 4.78 is 23.8. The molecule has 6 nitrogen and oxygen atoms in total. The predicted molar refractivity (Wildman–Crippen MR) is 161 cm³/mol. The van der Waals surface area contributed by atoms with E-state index in [4.69, 9.17) is 18.9 Å². The van der Waals surface area contributed by atoms with Crippen molar-refractivity contribution in [1.29, 1.82) is 0 Å². The number of esters is 2. The summed E-state index contributed by atoms with van der Waals surface area (Å²) in [5, 5.41) is 0. The molecule has 0 heterocycles. The summed E-state index contributed by atoms with van der Waals surface area (Å²) >= 11 is 0. The van der Waals surface area contributed by atoms with Crippen molar-refractivity contribution in [3.8, 4) is 0 Å². The van der Waals surface area contributed by atoms with Crippen LogP contribution < -0.4 is 0 Å². The van der Waals surface area contributed by atoms with Crippen molar-refractivity contribution >= 4 is 11.9 Å². The van der Waals surface area contributed by atoms with E-state index in [0.29, 0.717) is 43.7 Å². The number of carbonyl (C=O) groups is 2. The van der Waals surface area contributed by atoms with Crippen LogP contribution in [0.15, 0.2) is 23.3 Å². The Bertz CT molecular complexity index is 985. The standard InChI is InChI=1S/C35H56O6/c1-8-27-10-12-31-30-11-9-28-19-29(38-17-14-23(2)21-40-25(4)36)20-33(39-18-15-24(3)22-41-26(5)37)35(28,7)32(30)13-16-34(27,31)6/h9,11,23-24,27,29,31-33H,8,10,12-22H2,1-7H3/t23?,24?,27-,29?,31-,32-,33?,34+,35-/m0/s1. The first-order chi connectivity index (χ1) is 19.5. The van der Waals surface area contributed by atoms with Gasteiger partial charge in [0.1, 0.15) is 0 Å². The van der Waals surface area contributed by atoms with E-state index in [1.807, 2.05) is 0 Å². The monoisotopic (exact) mass is 572 g/mol. The maximum Gasteiger partial charge on any atom is 0.302 e. The van der Waals surface area contributed by atoms with Gasteiger partial charge < -0.3 is 18.9 Å². The van der Waals surface area contributed by atoms with E-state index in [1.54, 1.807) is 5.57 Å². The Morgan fingerprint density at radius 3 is 2.15 bits per heavy atom. The van der Waals surface area contributed by atoms with Crippen LogP contribution in [0.1, 0.15) is 106 Å². The van der Waals surface area contributed by atoms with Crippen LogP contribution in [0.5, 0.6) is 0 Å². The molecule has 41 heavy (non-hydrogen) atoms. The molecule has 4 aliphatic rings. The molecule has 4 rings (SSSR count). The van der Waals surface area contributed by atoms with Gasteiger partial charge in [0.2, 0.25) is 0 Å². The fraction of sp³-hybridized carbons (Fsp3) is 0.829. The minimum absolute atomic E-state index is 0.0166. The molecule has 9 atom stereocenters. The van der Waals surface area contributed by atoms with Gasteiger partial charge in [0.25, 0.3) is 0 Å². The quantitative estimate of drug-likeness (QED) is 0.213. The maximum atomic E-state index is 11.3. The van der Waals surface area contributed by atoms with Crippen LogP contribution in [0, 0.1) is 40.4 Å². The third-order valence-electron chi connectivity index (χ3n) is 11.3. The smallest absolute Gasteiger partial charge is 0.302 e. The predicted octanol–water partition coefficient (Wildman–Crippen LogP) is 7.45. The van der Waals surface area contributed by atoms with Crippen LogP contribution in [0.25, 0.3) is 0 Å². The first kappa shape index (κ1) is 32.3. The summed E-state index contributed by atoms with van der Waals surface area (Å²) in [6.07, 6.45) is 15.3. The molecule has 3 fully saturated rings. The van der Waals surface area contributed by atoms with E-state index in [1.165, 1.54) is 51.5 Å². The summed E-state index contributed by atoms with van der Waals surface area (Å²) in [7, 11) is 0. The summed E-state index contributed by atoms with van der Waals surface area (Å²) in [6.45, 7) is 16.8. The topological polar surface area (TPSA) is 71.1 Å². The van der Waals surface area contributed by atoms with Crippen molar-refractivity contribution < 1.29 is 28.5 Å². The van der Waals surface area contributed by atoms with Gasteiger partial charge in [-0.2, -0.15) is 0 Å². The van der Waals surface area contributed by atoms with E-state index in [2.05, 4.69) is 46.8 Å². The zero-order chi connectivity index (χ0) is 29.8. The average molecular weight is 573 g/mol. The first-order valence-electron chi connectivity index (χ1n) is 16.4. The highest BCUT2D eigenvalue weighted by atomic mass is 16.5. The van der Waals surface area contributed by atoms with Crippen LogP contribution >= 0.6 is 0 Å². The van der Waals surface area contributed by atoms with Gasteiger partial charge in [-0.3, -0.25) is 9.59 Å². The average Bonchev–Trinajstić information content (AvgIpc) is 3.27. The Balaban J connectivity index is 1.48. The Hall–Kier alpha value is -1.66. The number of rotatable bonds is 13. The highest BCUT2D eigenvalue weighted by molar-refractivity contribution is 5.66. The SMILES string of the molecule is CC[C@H]1CC[C@H]2C3=CC=C4CC(OCCC(C)COC(C)=O)CC(OCCC(C)COC(C)=O)[C@]4(C)[C@H]3CC[C@]12C. The molecule has 0 amide bonds. The third-order valence-corrected chi connectivity index (χ3v) is 11.3. The van der Waals surface area contributed by atoms with Gasteiger partial charge in [-0.05, 0) is 80.0 Å². The summed E-state index contributed by atoms with van der Waals surface area (Å²) in [5.74, 6) is 2.14. The molecule has 0 bridgehead atoms. The van der Waals surface area contributed by atoms with Gasteiger partial charge in [0.05, 0.1) is 25.4 Å². The molecule has 6 heteroatoms. The summed E-state index contributed by atoms with van der Waals surface area (Å²) in [6, 6.07) is 0. The van der Waals surface area contributed by atoms with E-state index in [0.717, 1.165) is 31.6 Å². The molecule has 4 aliphatic carbocycles. The van der Waals surface area contributed by atoms with Gasteiger partial charge in [-0.25, -0.2) is 0 Å². The van der Waals surface area contributed by atoms with Gasteiger partial charge in [0.15, 0.2) is 0 Å². The molecule has 0 aromatic rings. The Kier molecular flexibility index (Phi) is 10.8. The summed E-state index contributed by atoms with van der Waals surface area (Å²) in [4.78, 5) is 22.4. The van der Waals surface area contributed by atoms with Crippen molar-refractivity contribution in [2.24, 2.45) is 40.4 Å². The number of allylic oxidation sites excluding steroid dienone is 3. The van der Waals surface area contributed by atoms with Crippen LogP contribution in [-0.2, 0) is 28.5 Å². The molecular weight excluding hydrogens is 516 g/mol. The molecular formula is C35H56O6. The Morgan fingerprint density at radius 1 is 0.902 bits per heavy atom. The minimum atomic E-state index is -0.228. The van der Waals surface area contributed by atoms with Crippen LogP contribution in [-0.4, -0.2) is 50.6 Å². The molecule has 0 aromatic heterocycles. The van der Waals surface area contributed by atoms with E-state index in [9.17, 15) is 9.59 Å². The molecule has 0 N–H and O–H groups in total. The van der Waals surface area contributed by atoms with Crippen molar-refractivity contribution in [2.45, 2.75) is 118 Å². The summed E-state index contributed by atoms with van der Waals surface area (Å²) in [5.41, 5.74) is 3.60. The lowest BCUT2D eigenvalue weighted by atomic mass is 9.49. The van der Waals surface area contributed by atoms with E-state index in [-0.39, 0.29) is 41.4 Å². The second kappa shape index (κ2) is 13.8. The number of hydrogen-bond donors (Lipinski definition) is 0. The van der Waals surface area contributed by atoms with Crippen LogP contribution in [0.4, 0.5) is 0 Å². The largest absolute Gasteiger partial charge is 0.466 e. The second-order valence-electron chi connectivity index (χ2n) is 14.2. The normalized spacial score (nSPS) is 35.7. The number of fused-ring (bicyclic) bond motifs is 5.